The third kappa shape index (κ3) is 4.69. The highest BCUT2D eigenvalue weighted by Crippen LogP contribution is 2.19. The molecule has 0 radical (unpaired) electrons. The molecule has 84 valence electrons. The molecule has 0 heterocycles. The van der Waals surface area contributed by atoms with Crippen LogP contribution in [0.1, 0.15) is 12.0 Å². The highest BCUT2D eigenvalue weighted by Gasteiger charge is 2.03. The first kappa shape index (κ1) is 12.6. The van der Waals surface area contributed by atoms with E-state index in [9.17, 15) is 0 Å². The van der Waals surface area contributed by atoms with E-state index in [0.717, 1.165) is 12.2 Å². The predicted molar refractivity (Wildman–Crippen MR) is 66.5 cm³/mol. The summed E-state index contributed by atoms with van der Waals surface area (Å²) in [7, 11) is 1.89. The lowest BCUT2D eigenvalue weighted by Gasteiger charge is -2.12. The van der Waals surface area contributed by atoms with Gasteiger partial charge in [0.15, 0.2) is 0 Å². The second kappa shape index (κ2) is 6.88. The standard InChI is InChI=1S/C12H19NOS/c1-10-3-5-12(6-4-10)15-8-7-11(9-14)13-2/h3-6,11,13-14H,7-9H2,1-2H3. The average Bonchev–Trinajstić information content (AvgIpc) is 2.27. The molecule has 0 aliphatic heterocycles. The summed E-state index contributed by atoms with van der Waals surface area (Å²) in [6.07, 6.45) is 0.992. The van der Waals surface area contributed by atoms with Crippen molar-refractivity contribution in [1.82, 2.24) is 5.32 Å². The van der Waals surface area contributed by atoms with Gasteiger partial charge in [-0.25, -0.2) is 0 Å². The van der Waals surface area contributed by atoms with Crippen molar-refractivity contribution in [2.45, 2.75) is 24.3 Å². The van der Waals surface area contributed by atoms with Crippen LogP contribution >= 0.6 is 11.8 Å². The highest BCUT2D eigenvalue weighted by molar-refractivity contribution is 7.99. The van der Waals surface area contributed by atoms with Crippen molar-refractivity contribution in [2.24, 2.45) is 0 Å². The number of likely N-dealkylation sites (N-methyl/N-ethyl adjacent to an activating group) is 1. The molecule has 1 aromatic rings. The largest absolute Gasteiger partial charge is 0.395 e. The number of rotatable bonds is 6. The second-order valence-corrected chi connectivity index (χ2v) is 4.79. The molecule has 2 N–H and O–H groups in total. The lowest BCUT2D eigenvalue weighted by atomic mass is 10.2. The number of thioether (sulfide) groups is 1. The zero-order valence-corrected chi connectivity index (χ0v) is 10.2. The van der Waals surface area contributed by atoms with Gasteiger partial charge in [0.25, 0.3) is 0 Å². The number of aryl methyl sites for hydroxylation is 1. The fraction of sp³-hybridized carbons (Fsp3) is 0.500. The maximum atomic E-state index is 8.99. The third-order valence-electron chi connectivity index (χ3n) is 2.38. The summed E-state index contributed by atoms with van der Waals surface area (Å²) in [4.78, 5) is 1.30. The van der Waals surface area contributed by atoms with Crippen LogP contribution in [0, 0.1) is 6.92 Å². The summed E-state index contributed by atoms with van der Waals surface area (Å²) < 4.78 is 0. The molecule has 1 aromatic carbocycles. The predicted octanol–water partition coefficient (Wildman–Crippen LogP) is 2.06. The lowest BCUT2D eigenvalue weighted by Crippen LogP contribution is -2.29. The minimum absolute atomic E-state index is 0.213. The zero-order valence-electron chi connectivity index (χ0n) is 9.36. The molecule has 0 aliphatic rings. The molecule has 0 aliphatic carbocycles. The Morgan fingerprint density at radius 2 is 2.00 bits per heavy atom. The van der Waals surface area contributed by atoms with Crippen LogP contribution in [0.2, 0.25) is 0 Å². The quantitative estimate of drug-likeness (QED) is 0.727. The number of hydrogen-bond donors (Lipinski definition) is 2. The first-order valence-electron chi connectivity index (χ1n) is 5.24. The van der Waals surface area contributed by atoms with Crippen LogP contribution in [0.25, 0.3) is 0 Å². The van der Waals surface area contributed by atoms with E-state index in [1.807, 2.05) is 18.8 Å². The number of hydrogen-bond acceptors (Lipinski definition) is 3. The SMILES string of the molecule is CNC(CO)CCSc1ccc(C)cc1. The summed E-state index contributed by atoms with van der Waals surface area (Å²) in [5.74, 6) is 1.04. The van der Waals surface area contributed by atoms with Crippen LogP contribution in [-0.4, -0.2) is 30.6 Å². The first-order valence-corrected chi connectivity index (χ1v) is 6.22. The van der Waals surface area contributed by atoms with Crippen LogP contribution in [0.3, 0.4) is 0 Å². The van der Waals surface area contributed by atoms with Gasteiger partial charge in [-0.1, -0.05) is 17.7 Å². The van der Waals surface area contributed by atoms with Crippen LogP contribution < -0.4 is 5.32 Å². The molecule has 0 bridgehead atoms. The Morgan fingerprint density at radius 1 is 1.33 bits per heavy atom. The molecule has 0 saturated heterocycles. The van der Waals surface area contributed by atoms with Crippen molar-refractivity contribution < 1.29 is 5.11 Å². The van der Waals surface area contributed by atoms with E-state index in [-0.39, 0.29) is 12.6 Å². The van der Waals surface area contributed by atoms with Gasteiger partial charge in [0, 0.05) is 10.9 Å². The minimum atomic E-state index is 0.213. The van der Waals surface area contributed by atoms with E-state index in [2.05, 4.69) is 36.5 Å². The van der Waals surface area contributed by atoms with E-state index in [1.165, 1.54) is 10.5 Å². The maximum Gasteiger partial charge on any atom is 0.0584 e. The Bertz CT molecular complexity index is 269. The first-order chi connectivity index (χ1) is 7.26. The van der Waals surface area contributed by atoms with Gasteiger partial charge in [0.05, 0.1) is 6.61 Å². The van der Waals surface area contributed by atoms with Crippen LogP contribution in [0.4, 0.5) is 0 Å². The van der Waals surface area contributed by atoms with Gasteiger partial charge in [0.1, 0.15) is 0 Å². The fourth-order valence-electron chi connectivity index (χ4n) is 1.28. The Hall–Kier alpha value is -0.510. The lowest BCUT2D eigenvalue weighted by molar-refractivity contribution is 0.246. The number of nitrogens with one attached hydrogen (secondary N) is 1. The smallest absolute Gasteiger partial charge is 0.0584 e. The van der Waals surface area contributed by atoms with Crippen molar-refractivity contribution in [3.05, 3.63) is 29.8 Å². The average molecular weight is 225 g/mol. The molecule has 0 aromatic heterocycles. The molecule has 0 fully saturated rings. The van der Waals surface area contributed by atoms with Gasteiger partial charge in [-0.15, -0.1) is 11.8 Å². The van der Waals surface area contributed by atoms with Gasteiger partial charge < -0.3 is 10.4 Å². The molecule has 1 rings (SSSR count). The molecule has 15 heavy (non-hydrogen) atoms. The number of aliphatic hydroxyl groups excluding tert-OH is 1. The van der Waals surface area contributed by atoms with Gasteiger partial charge in [0.2, 0.25) is 0 Å². The van der Waals surface area contributed by atoms with E-state index in [4.69, 9.17) is 5.11 Å². The van der Waals surface area contributed by atoms with Crippen molar-refractivity contribution in [2.75, 3.05) is 19.4 Å². The molecule has 2 nitrogen and oxygen atoms in total. The van der Waals surface area contributed by atoms with Crippen molar-refractivity contribution in [3.8, 4) is 0 Å². The topological polar surface area (TPSA) is 32.3 Å². The van der Waals surface area contributed by atoms with Crippen LogP contribution in [-0.2, 0) is 0 Å². The Balaban J connectivity index is 2.28. The Kier molecular flexibility index (Phi) is 5.76. The molecule has 3 heteroatoms. The molecular weight excluding hydrogens is 206 g/mol. The number of benzene rings is 1. The van der Waals surface area contributed by atoms with Gasteiger partial charge in [-0.2, -0.15) is 0 Å². The molecule has 0 amide bonds. The molecule has 0 spiro atoms. The number of aliphatic hydroxyl groups is 1. The fourth-order valence-corrected chi connectivity index (χ4v) is 2.25. The van der Waals surface area contributed by atoms with Gasteiger partial charge >= 0.3 is 0 Å². The summed E-state index contributed by atoms with van der Waals surface area (Å²) in [6, 6.07) is 8.78. The van der Waals surface area contributed by atoms with Crippen LogP contribution in [0.15, 0.2) is 29.2 Å². The van der Waals surface area contributed by atoms with Crippen molar-refractivity contribution >= 4 is 11.8 Å². The molecule has 1 unspecified atom stereocenters. The highest BCUT2D eigenvalue weighted by atomic mass is 32.2. The normalized spacial score (nSPS) is 12.7. The van der Waals surface area contributed by atoms with Gasteiger partial charge in [-0.05, 0) is 38.3 Å². The van der Waals surface area contributed by atoms with E-state index in [1.54, 1.807) is 0 Å². The maximum absolute atomic E-state index is 8.99. The Morgan fingerprint density at radius 3 is 2.53 bits per heavy atom. The van der Waals surface area contributed by atoms with Crippen LogP contribution in [0.5, 0.6) is 0 Å². The van der Waals surface area contributed by atoms with Crippen molar-refractivity contribution in [3.63, 3.8) is 0 Å². The van der Waals surface area contributed by atoms with Crippen molar-refractivity contribution in [1.29, 1.82) is 0 Å². The monoisotopic (exact) mass is 225 g/mol. The summed E-state index contributed by atoms with van der Waals surface area (Å²) in [5, 5.41) is 12.1. The summed E-state index contributed by atoms with van der Waals surface area (Å²) >= 11 is 1.84. The third-order valence-corrected chi connectivity index (χ3v) is 3.43. The summed E-state index contributed by atoms with van der Waals surface area (Å²) in [5.41, 5.74) is 1.29. The Labute approximate surface area is 96.1 Å². The van der Waals surface area contributed by atoms with E-state index < -0.39 is 0 Å². The van der Waals surface area contributed by atoms with Gasteiger partial charge in [-0.3, -0.25) is 0 Å². The molecular formula is C12H19NOS. The molecule has 0 saturated carbocycles. The van der Waals surface area contributed by atoms with E-state index >= 15 is 0 Å². The minimum Gasteiger partial charge on any atom is -0.395 e. The van der Waals surface area contributed by atoms with E-state index in [0.29, 0.717) is 0 Å². The second-order valence-electron chi connectivity index (χ2n) is 3.62. The summed E-state index contributed by atoms with van der Waals surface area (Å²) in [6.45, 7) is 2.31. The molecule has 1 atom stereocenters. The zero-order chi connectivity index (χ0) is 11.1.